The fourth-order valence-corrected chi connectivity index (χ4v) is 4.02. The molecule has 2 N–H and O–H groups in total. The zero-order chi connectivity index (χ0) is 26.9. The van der Waals surface area contributed by atoms with Gasteiger partial charge in [-0.25, -0.2) is 22.9 Å². The van der Waals surface area contributed by atoms with Gasteiger partial charge in [-0.05, 0) is 29.1 Å². The lowest BCUT2D eigenvalue weighted by Gasteiger charge is -2.17. The molecule has 1 atom stereocenters. The van der Waals surface area contributed by atoms with Crippen molar-refractivity contribution in [2.75, 3.05) is 0 Å². The topological polar surface area (TPSA) is 134 Å². The summed E-state index contributed by atoms with van der Waals surface area (Å²) in [5.41, 5.74) is -1.75. The summed E-state index contributed by atoms with van der Waals surface area (Å²) in [6.07, 6.45) is 1.07. The molecule has 4 rings (SSSR count). The van der Waals surface area contributed by atoms with Crippen LogP contribution in [0.15, 0.2) is 70.4 Å². The zero-order valence-corrected chi connectivity index (χ0v) is 19.2. The summed E-state index contributed by atoms with van der Waals surface area (Å²) in [6, 6.07) is 12.2. The summed E-state index contributed by atoms with van der Waals surface area (Å²) in [4.78, 5) is 49.7. The largest absolute Gasteiger partial charge is 0.480 e. The summed E-state index contributed by atoms with van der Waals surface area (Å²) in [6.45, 7) is 0. The maximum atomic E-state index is 14.3. The van der Waals surface area contributed by atoms with Crippen LogP contribution in [0.25, 0.3) is 16.5 Å². The quantitative estimate of drug-likeness (QED) is 0.414. The fourth-order valence-electron chi connectivity index (χ4n) is 4.02. The molecule has 0 saturated heterocycles. The van der Waals surface area contributed by atoms with Gasteiger partial charge in [0.1, 0.15) is 23.2 Å². The second kappa shape index (κ2) is 9.87. The van der Waals surface area contributed by atoms with Gasteiger partial charge in [-0.15, -0.1) is 0 Å². The van der Waals surface area contributed by atoms with Crippen molar-refractivity contribution in [2.24, 2.45) is 7.05 Å². The standard InChI is InChI=1S/C26H18F2N4O5/c1-31-9-8-22(33)32(26(31)37)21-7-3-5-16-15(4-2-6-17(16)21)12-20(25(35)36)30-24(34)23-18(27)10-14(13-29)11-19(23)28/h2-11,20H,12H2,1H3,(H,30,34)(H,35,36)/t20-/m0/s1. The summed E-state index contributed by atoms with van der Waals surface area (Å²) in [5.74, 6) is -5.36. The molecule has 0 aliphatic carbocycles. The van der Waals surface area contributed by atoms with Crippen molar-refractivity contribution in [3.63, 3.8) is 0 Å². The molecule has 0 radical (unpaired) electrons. The lowest BCUT2D eigenvalue weighted by molar-refractivity contribution is -0.139. The maximum Gasteiger partial charge on any atom is 0.335 e. The summed E-state index contributed by atoms with van der Waals surface area (Å²) < 4.78 is 30.8. The van der Waals surface area contributed by atoms with Crippen molar-refractivity contribution < 1.29 is 23.5 Å². The molecule has 0 fully saturated rings. The van der Waals surface area contributed by atoms with Crippen LogP contribution in [0.4, 0.5) is 8.78 Å². The number of nitrogens with zero attached hydrogens (tertiary/aromatic N) is 3. The SMILES string of the molecule is Cn1ccc(=O)n(-c2cccc3c(C[C@H](NC(=O)c4c(F)cc(C#N)cc4F)C(=O)O)cccc23)c1=O. The van der Waals surface area contributed by atoms with Gasteiger partial charge in [0, 0.05) is 31.1 Å². The molecule has 1 aromatic heterocycles. The number of carbonyl (C=O) groups excluding carboxylic acids is 1. The Kier molecular flexibility index (Phi) is 6.67. The summed E-state index contributed by atoms with van der Waals surface area (Å²) >= 11 is 0. The number of aromatic nitrogens is 2. The van der Waals surface area contributed by atoms with E-state index < -0.39 is 46.4 Å². The van der Waals surface area contributed by atoms with Gasteiger partial charge >= 0.3 is 11.7 Å². The minimum absolute atomic E-state index is 0.275. The number of halogens is 2. The number of hydrogen-bond acceptors (Lipinski definition) is 5. The van der Waals surface area contributed by atoms with E-state index in [0.29, 0.717) is 28.5 Å². The zero-order valence-electron chi connectivity index (χ0n) is 19.2. The molecule has 0 unspecified atom stereocenters. The Labute approximate surface area is 207 Å². The molecule has 186 valence electrons. The number of carboxylic acids is 1. The minimum Gasteiger partial charge on any atom is -0.480 e. The van der Waals surface area contributed by atoms with E-state index in [1.807, 2.05) is 0 Å². The highest BCUT2D eigenvalue weighted by molar-refractivity contribution is 5.98. The van der Waals surface area contributed by atoms with Gasteiger partial charge < -0.3 is 15.0 Å². The van der Waals surface area contributed by atoms with Crippen molar-refractivity contribution in [1.29, 1.82) is 5.26 Å². The third-order valence-corrected chi connectivity index (χ3v) is 5.81. The van der Waals surface area contributed by atoms with Gasteiger partial charge in [-0.2, -0.15) is 5.26 Å². The van der Waals surface area contributed by atoms with E-state index in [4.69, 9.17) is 5.26 Å². The van der Waals surface area contributed by atoms with Gasteiger partial charge in [-0.3, -0.25) is 9.59 Å². The van der Waals surface area contributed by atoms with Gasteiger partial charge in [0.25, 0.3) is 11.5 Å². The molecule has 0 spiro atoms. The molecule has 4 aromatic rings. The number of carbonyl (C=O) groups is 2. The van der Waals surface area contributed by atoms with Crippen LogP contribution in [0.2, 0.25) is 0 Å². The smallest absolute Gasteiger partial charge is 0.335 e. The van der Waals surface area contributed by atoms with E-state index >= 15 is 0 Å². The van der Waals surface area contributed by atoms with Crippen LogP contribution in [-0.2, 0) is 18.3 Å². The first kappa shape index (κ1) is 25.0. The molecular formula is C26H18F2N4O5. The van der Waals surface area contributed by atoms with Crippen LogP contribution in [0.3, 0.4) is 0 Å². The van der Waals surface area contributed by atoms with Crippen LogP contribution in [0.1, 0.15) is 21.5 Å². The first-order chi connectivity index (χ1) is 17.6. The lowest BCUT2D eigenvalue weighted by atomic mass is 9.97. The Balaban J connectivity index is 1.74. The predicted octanol–water partition coefficient (Wildman–Crippen LogP) is 2.26. The molecule has 3 aromatic carbocycles. The van der Waals surface area contributed by atoms with E-state index in [-0.39, 0.29) is 17.7 Å². The highest BCUT2D eigenvalue weighted by Crippen LogP contribution is 2.25. The van der Waals surface area contributed by atoms with E-state index in [1.54, 1.807) is 42.5 Å². The Morgan fingerprint density at radius 1 is 1.05 bits per heavy atom. The molecular weight excluding hydrogens is 486 g/mol. The molecule has 37 heavy (non-hydrogen) atoms. The molecule has 1 amide bonds. The highest BCUT2D eigenvalue weighted by Gasteiger charge is 2.26. The number of aliphatic carboxylic acids is 1. The van der Waals surface area contributed by atoms with E-state index in [1.165, 1.54) is 23.9 Å². The van der Waals surface area contributed by atoms with Gasteiger partial charge in [-0.1, -0.05) is 30.3 Å². The number of nitrogens with one attached hydrogen (secondary N) is 1. The third-order valence-electron chi connectivity index (χ3n) is 5.81. The number of nitriles is 1. The van der Waals surface area contributed by atoms with Gasteiger partial charge in [0.2, 0.25) is 0 Å². The summed E-state index contributed by atoms with van der Waals surface area (Å²) in [5, 5.41) is 21.7. The fraction of sp³-hybridized carbons (Fsp3) is 0.115. The number of rotatable bonds is 6. The number of benzene rings is 3. The van der Waals surface area contributed by atoms with Crippen molar-refractivity contribution in [1.82, 2.24) is 14.5 Å². The minimum atomic E-state index is -1.58. The monoisotopic (exact) mass is 504 g/mol. The second-order valence-corrected chi connectivity index (χ2v) is 8.17. The van der Waals surface area contributed by atoms with Crippen LogP contribution in [-0.4, -0.2) is 32.2 Å². The molecule has 1 heterocycles. The maximum absolute atomic E-state index is 14.3. The van der Waals surface area contributed by atoms with Crippen LogP contribution in [0, 0.1) is 23.0 Å². The van der Waals surface area contributed by atoms with Crippen LogP contribution < -0.4 is 16.6 Å². The second-order valence-electron chi connectivity index (χ2n) is 8.17. The van der Waals surface area contributed by atoms with Gasteiger partial charge in [0.15, 0.2) is 0 Å². The number of carboxylic acid groups (broad SMARTS) is 1. The van der Waals surface area contributed by atoms with Crippen molar-refractivity contribution in [3.8, 4) is 11.8 Å². The summed E-state index contributed by atoms with van der Waals surface area (Å²) in [7, 11) is 1.49. The number of hydrogen-bond donors (Lipinski definition) is 2. The Morgan fingerprint density at radius 3 is 2.35 bits per heavy atom. The van der Waals surface area contributed by atoms with Crippen LogP contribution >= 0.6 is 0 Å². The highest BCUT2D eigenvalue weighted by atomic mass is 19.1. The Hall–Kier alpha value is -5.11. The Morgan fingerprint density at radius 2 is 1.70 bits per heavy atom. The van der Waals surface area contributed by atoms with E-state index in [2.05, 4.69) is 5.32 Å². The van der Waals surface area contributed by atoms with Crippen LogP contribution in [0.5, 0.6) is 0 Å². The molecule has 0 aliphatic heterocycles. The van der Waals surface area contributed by atoms with Crippen molar-refractivity contribution >= 4 is 22.6 Å². The van der Waals surface area contributed by atoms with E-state index in [9.17, 15) is 33.1 Å². The Bertz CT molecular complexity index is 1710. The first-order valence-corrected chi connectivity index (χ1v) is 10.8. The molecule has 0 aliphatic rings. The third kappa shape index (κ3) is 4.72. The van der Waals surface area contributed by atoms with E-state index in [0.717, 1.165) is 4.57 Å². The number of aryl methyl sites for hydroxylation is 1. The lowest BCUT2D eigenvalue weighted by Crippen LogP contribution is -2.43. The van der Waals surface area contributed by atoms with Crippen molar-refractivity contribution in [2.45, 2.75) is 12.5 Å². The predicted molar refractivity (Wildman–Crippen MR) is 128 cm³/mol. The van der Waals surface area contributed by atoms with Crippen molar-refractivity contribution in [3.05, 3.63) is 110 Å². The molecule has 9 nitrogen and oxygen atoms in total. The average Bonchev–Trinajstić information content (AvgIpc) is 2.86. The normalized spacial score (nSPS) is 11.6. The number of fused-ring (bicyclic) bond motifs is 1. The average molecular weight is 504 g/mol. The van der Waals surface area contributed by atoms with Gasteiger partial charge in [0.05, 0.1) is 17.3 Å². The molecule has 0 saturated carbocycles. The first-order valence-electron chi connectivity index (χ1n) is 10.8. The number of amides is 1. The molecule has 11 heteroatoms. The molecule has 0 bridgehead atoms.